The molecule has 0 saturated heterocycles. The van der Waals surface area contributed by atoms with Crippen LogP contribution in [0, 0.1) is 18.3 Å². The van der Waals surface area contributed by atoms with Crippen LogP contribution in [0.3, 0.4) is 0 Å². The number of rotatable bonds is 5. The molecule has 0 aliphatic heterocycles. The minimum absolute atomic E-state index is 0.320. The first-order chi connectivity index (χ1) is 10.2. The third-order valence-electron chi connectivity index (χ3n) is 3.56. The number of benzene rings is 2. The highest BCUT2D eigenvalue weighted by Crippen LogP contribution is 2.28. The molecule has 0 bridgehead atoms. The Morgan fingerprint density at radius 1 is 1.24 bits per heavy atom. The summed E-state index contributed by atoms with van der Waals surface area (Å²) in [5.74, 6) is 1.52. The fraction of sp³-hybridized carbons (Fsp3) is 0.278. The van der Waals surface area contributed by atoms with Crippen molar-refractivity contribution in [3.05, 3.63) is 59.2 Å². The van der Waals surface area contributed by atoms with Gasteiger partial charge in [0.1, 0.15) is 11.5 Å². The molecular formula is C18H20N2O. The van der Waals surface area contributed by atoms with E-state index in [2.05, 4.69) is 24.4 Å². The third kappa shape index (κ3) is 3.62. The van der Waals surface area contributed by atoms with Crippen molar-refractivity contribution < 1.29 is 4.74 Å². The van der Waals surface area contributed by atoms with E-state index in [1.807, 2.05) is 38.2 Å². The van der Waals surface area contributed by atoms with Gasteiger partial charge in [0.15, 0.2) is 0 Å². The number of nitrogens with one attached hydrogen (secondary N) is 1. The second-order valence-electron chi connectivity index (χ2n) is 5.02. The van der Waals surface area contributed by atoms with Crippen LogP contribution in [0.25, 0.3) is 0 Å². The lowest BCUT2D eigenvalue weighted by molar-refractivity contribution is 0.475. The van der Waals surface area contributed by atoms with Gasteiger partial charge in [-0.05, 0) is 55.8 Å². The molecule has 3 heteroatoms. The molecule has 0 spiro atoms. The zero-order valence-corrected chi connectivity index (χ0v) is 12.7. The van der Waals surface area contributed by atoms with Gasteiger partial charge in [-0.15, -0.1) is 0 Å². The van der Waals surface area contributed by atoms with E-state index in [0.29, 0.717) is 11.6 Å². The van der Waals surface area contributed by atoms with E-state index in [9.17, 15) is 0 Å². The Bertz CT molecular complexity index is 655. The zero-order valence-electron chi connectivity index (χ0n) is 12.7. The Labute approximate surface area is 126 Å². The lowest BCUT2D eigenvalue weighted by Crippen LogP contribution is -2.14. The van der Waals surface area contributed by atoms with Crippen LogP contribution in [0.4, 0.5) is 0 Å². The Hall–Kier alpha value is -2.31. The molecule has 0 heterocycles. The maximum Gasteiger partial charge on any atom is 0.131 e. The molecule has 0 aromatic heterocycles. The molecule has 1 N–H and O–H groups in total. The van der Waals surface area contributed by atoms with Gasteiger partial charge in [-0.25, -0.2) is 0 Å². The lowest BCUT2D eigenvalue weighted by atomic mass is 10.0. The normalized spacial score (nSPS) is 11.7. The summed E-state index contributed by atoms with van der Waals surface area (Å²) in [7, 11) is 1.96. The summed E-state index contributed by atoms with van der Waals surface area (Å²) in [6, 6.07) is 16.0. The highest BCUT2D eigenvalue weighted by atomic mass is 16.5. The molecule has 1 atom stereocenters. The standard InChI is InChI=1S/C18H20N2O/c1-4-17(20-3)15-6-5-7-16(11-15)21-18-10-14(12-19)9-8-13(18)2/h5-11,17,20H,4H2,1-3H3. The molecular weight excluding hydrogens is 260 g/mol. The number of aryl methyl sites for hydroxylation is 1. The maximum absolute atomic E-state index is 8.99. The van der Waals surface area contributed by atoms with Crippen LogP contribution in [0.2, 0.25) is 0 Å². The summed E-state index contributed by atoms with van der Waals surface area (Å²) >= 11 is 0. The Morgan fingerprint density at radius 3 is 2.71 bits per heavy atom. The molecule has 0 aliphatic carbocycles. The van der Waals surface area contributed by atoms with Gasteiger partial charge in [-0.1, -0.05) is 25.1 Å². The number of ether oxygens (including phenoxy) is 1. The molecule has 0 radical (unpaired) electrons. The molecule has 0 aliphatic rings. The van der Waals surface area contributed by atoms with Crippen LogP contribution < -0.4 is 10.1 Å². The first-order valence-electron chi connectivity index (χ1n) is 7.13. The summed E-state index contributed by atoms with van der Waals surface area (Å²) in [5.41, 5.74) is 2.82. The molecule has 1 unspecified atom stereocenters. The third-order valence-corrected chi connectivity index (χ3v) is 3.56. The average Bonchev–Trinajstić information content (AvgIpc) is 2.51. The molecule has 0 fully saturated rings. The highest BCUT2D eigenvalue weighted by molar-refractivity contribution is 5.44. The molecule has 3 nitrogen and oxygen atoms in total. The fourth-order valence-corrected chi connectivity index (χ4v) is 2.31. The quantitative estimate of drug-likeness (QED) is 0.886. The molecule has 2 aromatic carbocycles. The monoisotopic (exact) mass is 280 g/mol. The van der Waals surface area contributed by atoms with Crippen molar-refractivity contribution in [3.63, 3.8) is 0 Å². The van der Waals surface area contributed by atoms with Gasteiger partial charge in [0.25, 0.3) is 0 Å². The van der Waals surface area contributed by atoms with Gasteiger partial charge in [-0.3, -0.25) is 0 Å². The summed E-state index contributed by atoms with van der Waals surface area (Å²) in [4.78, 5) is 0. The Balaban J connectivity index is 2.28. The molecule has 108 valence electrons. The van der Waals surface area contributed by atoms with Crippen molar-refractivity contribution in [2.24, 2.45) is 0 Å². The second kappa shape index (κ2) is 6.92. The van der Waals surface area contributed by atoms with Crippen molar-refractivity contribution in [3.8, 4) is 17.6 Å². The number of hydrogen-bond donors (Lipinski definition) is 1. The largest absolute Gasteiger partial charge is 0.457 e. The zero-order chi connectivity index (χ0) is 15.2. The van der Waals surface area contributed by atoms with E-state index >= 15 is 0 Å². The van der Waals surface area contributed by atoms with Gasteiger partial charge in [0.05, 0.1) is 11.6 Å². The first kappa shape index (κ1) is 15.1. The Kier molecular flexibility index (Phi) is 4.97. The van der Waals surface area contributed by atoms with Crippen molar-refractivity contribution in [1.82, 2.24) is 5.32 Å². The predicted molar refractivity (Wildman–Crippen MR) is 84.5 cm³/mol. The highest BCUT2D eigenvalue weighted by Gasteiger charge is 2.09. The van der Waals surface area contributed by atoms with Gasteiger partial charge in [0, 0.05) is 6.04 Å². The summed E-state index contributed by atoms with van der Waals surface area (Å²) in [5, 5.41) is 12.3. The molecule has 2 aromatic rings. The smallest absolute Gasteiger partial charge is 0.131 e. The van der Waals surface area contributed by atoms with Crippen LogP contribution in [-0.4, -0.2) is 7.05 Å². The van der Waals surface area contributed by atoms with E-state index in [1.165, 1.54) is 5.56 Å². The predicted octanol–water partition coefficient (Wildman–Crippen LogP) is 4.33. The summed E-state index contributed by atoms with van der Waals surface area (Å²) in [6.07, 6.45) is 1.02. The first-order valence-corrected chi connectivity index (χ1v) is 7.13. The topological polar surface area (TPSA) is 45.0 Å². The number of nitrogens with zero attached hydrogens (tertiary/aromatic N) is 1. The van der Waals surface area contributed by atoms with Gasteiger partial charge in [0.2, 0.25) is 0 Å². The van der Waals surface area contributed by atoms with Gasteiger partial charge >= 0.3 is 0 Å². The molecule has 2 rings (SSSR count). The van der Waals surface area contributed by atoms with Crippen LogP contribution in [0.1, 0.15) is 36.1 Å². The molecule has 0 amide bonds. The van der Waals surface area contributed by atoms with E-state index in [0.717, 1.165) is 23.5 Å². The van der Waals surface area contributed by atoms with E-state index in [-0.39, 0.29) is 0 Å². The summed E-state index contributed by atoms with van der Waals surface area (Å²) in [6.45, 7) is 4.12. The van der Waals surface area contributed by atoms with Crippen LogP contribution in [0.15, 0.2) is 42.5 Å². The van der Waals surface area contributed by atoms with Crippen molar-refractivity contribution in [2.75, 3.05) is 7.05 Å². The van der Waals surface area contributed by atoms with Crippen molar-refractivity contribution in [1.29, 1.82) is 5.26 Å². The Morgan fingerprint density at radius 2 is 2.05 bits per heavy atom. The lowest BCUT2D eigenvalue weighted by Gasteiger charge is -2.16. The van der Waals surface area contributed by atoms with Crippen molar-refractivity contribution >= 4 is 0 Å². The number of hydrogen-bond acceptors (Lipinski definition) is 3. The van der Waals surface area contributed by atoms with Gasteiger partial charge < -0.3 is 10.1 Å². The minimum atomic E-state index is 0.320. The van der Waals surface area contributed by atoms with E-state index < -0.39 is 0 Å². The number of nitriles is 1. The van der Waals surface area contributed by atoms with E-state index in [1.54, 1.807) is 12.1 Å². The van der Waals surface area contributed by atoms with E-state index in [4.69, 9.17) is 10.00 Å². The second-order valence-corrected chi connectivity index (χ2v) is 5.02. The van der Waals surface area contributed by atoms with Gasteiger partial charge in [-0.2, -0.15) is 5.26 Å². The molecule has 21 heavy (non-hydrogen) atoms. The maximum atomic E-state index is 8.99. The van der Waals surface area contributed by atoms with Crippen LogP contribution in [-0.2, 0) is 0 Å². The summed E-state index contributed by atoms with van der Waals surface area (Å²) < 4.78 is 5.95. The fourth-order valence-electron chi connectivity index (χ4n) is 2.31. The SMILES string of the molecule is CCC(NC)c1cccc(Oc2cc(C#N)ccc2C)c1. The minimum Gasteiger partial charge on any atom is -0.457 e. The van der Waals surface area contributed by atoms with Crippen LogP contribution in [0.5, 0.6) is 11.5 Å². The molecule has 0 saturated carbocycles. The van der Waals surface area contributed by atoms with Crippen LogP contribution >= 0.6 is 0 Å². The van der Waals surface area contributed by atoms with Crippen molar-refractivity contribution in [2.45, 2.75) is 26.3 Å². The average molecular weight is 280 g/mol.